The lowest BCUT2D eigenvalue weighted by Crippen LogP contribution is -1.93. The van der Waals surface area contributed by atoms with Gasteiger partial charge in [-0.2, -0.15) is 0 Å². The van der Waals surface area contributed by atoms with Crippen LogP contribution in [0, 0.1) is 0 Å². The maximum atomic E-state index is 6.07. The molecule has 2 aromatic rings. The fourth-order valence-electron chi connectivity index (χ4n) is 2.90. The Hall–Kier alpha value is -1.70. The number of benzene rings is 2. The third-order valence-electron chi connectivity index (χ3n) is 4.14. The third kappa shape index (κ3) is 4.66. The van der Waals surface area contributed by atoms with Crippen molar-refractivity contribution >= 4 is 22.1 Å². The summed E-state index contributed by atoms with van der Waals surface area (Å²) in [4.78, 5) is 0. The standard InChI is InChI=1S/C19H28N2/c1-2-3-4-5-6-7-8-9-15-10-11-16-13-17(20)14-19(21)18(16)12-15/h10-14H,2-9,20-21H2,1H3. The van der Waals surface area contributed by atoms with Gasteiger partial charge in [0.05, 0.1) is 0 Å². The van der Waals surface area contributed by atoms with Crippen molar-refractivity contribution in [1.29, 1.82) is 0 Å². The molecule has 0 aromatic heterocycles. The Morgan fingerprint density at radius 1 is 0.810 bits per heavy atom. The average Bonchev–Trinajstić information content (AvgIpc) is 2.46. The molecule has 0 saturated heterocycles. The summed E-state index contributed by atoms with van der Waals surface area (Å²) in [5, 5.41) is 2.26. The smallest absolute Gasteiger partial charge is 0.0414 e. The molecule has 2 nitrogen and oxygen atoms in total. The molecular weight excluding hydrogens is 256 g/mol. The van der Waals surface area contributed by atoms with Crippen LogP contribution < -0.4 is 11.5 Å². The highest BCUT2D eigenvalue weighted by Gasteiger charge is 2.02. The van der Waals surface area contributed by atoms with E-state index in [9.17, 15) is 0 Å². The Labute approximate surface area is 128 Å². The van der Waals surface area contributed by atoms with Gasteiger partial charge >= 0.3 is 0 Å². The molecule has 114 valence electrons. The predicted octanol–water partition coefficient (Wildman–Crippen LogP) is 5.30. The first-order valence-corrected chi connectivity index (χ1v) is 8.28. The van der Waals surface area contributed by atoms with Gasteiger partial charge in [0.25, 0.3) is 0 Å². The molecular formula is C19H28N2. The van der Waals surface area contributed by atoms with E-state index in [2.05, 4.69) is 25.1 Å². The average molecular weight is 284 g/mol. The fourth-order valence-corrected chi connectivity index (χ4v) is 2.90. The van der Waals surface area contributed by atoms with Crippen molar-refractivity contribution in [1.82, 2.24) is 0 Å². The molecule has 0 bridgehead atoms. The monoisotopic (exact) mass is 284 g/mol. The van der Waals surface area contributed by atoms with Crippen LogP contribution >= 0.6 is 0 Å². The number of unbranched alkanes of at least 4 members (excludes halogenated alkanes) is 6. The summed E-state index contributed by atoms with van der Waals surface area (Å²) in [6.45, 7) is 2.26. The maximum Gasteiger partial charge on any atom is 0.0414 e. The number of hydrogen-bond acceptors (Lipinski definition) is 2. The van der Waals surface area contributed by atoms with Crippen LogP contribution in [0.15, 0.2) is 30.3 Å². The van der Waals surface area contributed by atoms with Gasteiger partial charge < -0.3 is 11.5 Å². The van der Waals surface area contributed by atoms with Crippen molar-refractivity contribution in [2.45, 2.75) is 58.3 Å². The Morgan fingerprint density at radius 3 is 2.29 bits per heavy atom. The molecule has 21 heavy (non-hydrogen) atoms. The van der Waals surface area contributed by atoms with Gasteiger partial charge in [-0.05, 0) is 42.0 Å². The number of nitrogens with two attached hydrogens (primary N) is 2. The first-order chi connectivity index (χ1) is 10.2. The minimum atomic E-state index is 0.736. The second-order valence-electron chi connectivity index (χ2n) is 6.04. The van der Waals surface area contributed by atoms with Crippen LogP contribution in [0.2, 0.25) is 0 Å². The van der Waals surface area contributed by atoms with Gasteiger partial charge in [-0.25, -0.2) is 0 Å². The molecule has 2 rings (SSSR count). The second-order valence-corrected chi connectivity index (χ2v) is 6.04. The van der Waals surface area contributed by atoms with E-state index in [1.54, 1.807) is 0 Å². The molecule has 4 N–H and O–H groups in total. The number of nitrogen functional groups attached to an aromatic ring is 2. The number of rotatable bonds is 8. The summed E-state index contributed by atoms with van der Waals surface area (Å²) < 4.78 is 0. The molecule has 0 fully saturated rings. The highest BCUT2D eigenvalue weighted by atomic mass is 14.6. The summed E-state index contributed by atoms with van der Waals surface area (Å²) in [5.41, 5.74) is 14.8. The molecule has 0 unspecified atom stereocenters. The topological polar surface area (TPSA) is 52.0 Å². The van der Waals surface area contributed by atoms with Crippen molar-refractivity contribution in [2.24, 2.45) is 0 Å². The lowest BCUT2D eigenvalue weighted by Gasteiger charge is -2.07. The highest BCUT2D eigenvalue weighted by molar-refractivity contribution is 5.95. The zero-order valence-corrected chi connectivity index (χ0v) is 13.2. The van der Waals surface area contributed by atoms with E-state index in [0.717, 1.165) is 28.6 Å². The number of hydrogen-bond donors (Lipinski definition) is 2. The Morgan fingerprint density at radius 2 is 1.52 bits per heavy atom. The Bertz CT molecular complexity index is 575. The van der Waals surface area contributed by atoms with Crippen molar-refractivity contribution in [3.05, 3.63) is 35.9 Å². The minimum Gasteiger partial charge on any atom is -0.399 e. The van der Waals surface area contributed by atoms with Gasteiger partial charge in [-0.3, -0.25) is 0 Å². The summed E-state index contributed by atoms with van der Waals surface area (Å²) in [5.74, 6) is 0. The fraction of sp³-hybridized carbons (Fsp3) is 0.474. The summed E-state index contributed by atoms with van der Waals surface area (Å²) >= 11 is 0. The highest BCUT2D eigenvalue weighted by Crippen LogP contribution is 2.26. The van der Waals surface area contributed by atoms with Crippen molar-refractivity contribution in [3.8, 4) is 0 Å². The zero-order valence-electron chi connectivity index (χ0n) is 13.2. The van der Waals surface area contributed by atoms with Gasteiger partial charge in [0.1, 0.15) is 0 Å². The van der Waals surface area contributed by atoms with E-state index in [0.29, 0.717) is 0 Å². The molecule has 0 radical (unpaired) electrons. The summed E-state index contributed by atoms with van der Waals surface area (Å²) in [7, 11) is 0. The number of fused-ring (bicyclic) bond motifs is 1. The molecule has 0 saturated carbocycles. The van der Waals surface area contributed by atoms with Crippen molar-refractivity contribution in [2.75, 3.05) is 11.5 Å². The van der Waals surface area contributed by atoms with Crippen LogP contribution in [0.25, 0.3) is 10.8 Å². The summed E-state index contributed by atoms with van der Waals surface area (Å²) in [6, 6.07) is 10.4. The van der Waals surface area contributed by atoms with Gasteiger partial charge in [-0.15, -0.1) is 0 Å². The van der Waals surface area contributed by atoms with Crippen LogP contribution in [0.1, 0.15) is 57.4 Å². The molecule has 0 aliphatic carbocycles. The maximum absolute atomic E-state index is 6.07. The largest absolute Gasteiger partial charge is 0.399 e. The first kappa shape index (κ1) is 15.7. The van der Waals surface area contributed by atoms with Crippen LogP contribution in [0.4, 0.5) is 11.4 Å². The Kier molecular flexibility index (Phi) is 5.91. The van der Waals surface area contributed by atoms with Crippen LogP contribution in [0.5, 0.6) is 0 Å². The third-order valence-corrected chi connectivity index (χ3v) is 4.14. The van der Waals surface area contributed by atoms with Gasteiger partial charge in [-0.1, -0.05) is 57.6 Å². The molecule has 2 aromatic carbocycles. The Balaban J connectivity index is 1.85. The van der Waals surface area contributed by atoms with Gasteiger partial charge in [0.2, 0.25) is 0 Å². The van der Waals surface area contributed by atoms with E-state index in [1.165, 1.54) is 50.5 Å². The van der Waals surface area contributed by atoms with E-state index in [-0.39, 0.29) is 0 Å². The molecule has 0 aliphatic rings. The normalized spacial score (nSPS) is 11.1. The molecule has 0 heterocycles. The van der Waals surface area contributed by atoms with E-state index in [4.69, 9.17) is 11.5 Å². The number of aryl methyl sites for hydroxylation is 1. The molecule has 2 heteroatoms. The first-order valence-electron chi connectivity index (χ1n) is 8.28. The number of anilines is 2. The van der Waals surface area contributed by atoms with Crippen LogP contribution in [-0.2, 0) is 6.42 Å². The van der Waals surface area contributed by atoms with Crippen molar-refractivity contribution in [3.63, 3.8) is 0 Å². The van der Waals surface area contributed by atoms with Crippen molar-refractivity contribution < 1.29 is 0 Å². The molecule has 0 spiro atoms. The lowest BCUT2D eigenvalue weighted by atomic mass is 10.0. The lowest BCUT2D eigenvalue weighted by molar-refractivity contribution is 0.589. The predicted molar refractivity (Wildman–Crippen MR) is 94.5 cm³/mol. The zero-order chi connectivity index (χ0) is 15.1. The second kappa shape index (κ2) is 7.92. The van der Waals surface area contributed by atoms with E-state index >= 15 is 0 Å². The van der Waals surface area contributed by atoms with E-state index in [1.807, 2.05) is 12.1 Å². The minimum absolute atomic E-state index is 0.736. The van der Waals surface area contributed by atoms with Crippen LogP contribution in [-0.4, -0.2) is 0 Å². The van der Waals surface area contributed by atoms with E-state index < -0.39 is 0 Å². The molecule has 0 aliphatic heterocycles. The molecule has 0 atom stereocenters. The SMILES string of the molecule is CCCCCCCCCc1ccc2cc(N)cc(N)c2c1. The molecule has 0 amide bonds. The van der Waals surface area contributed by atoms with Gasteiger partial charge in [0.15, 0.2) is 0 Å². The quantitative estimate of drug-likeness (QED) is 0.510. The summed E-state index contributed by atoms with van der Waals surface area (Å²) in [6.07, 6.45) is 10.6. The van der Waals surface area contributed by atoms with Gasteiger partial charge in [0, 0.05) is 16.8 Å². The van der Waals surface area contributed by atoms with Crippen LogP contribution in [0.3, 0.4) is 0 Å².